The van der Waals surface area contributed by atoms with E-state index in [1.807, 2.05) is 0 Å². The summed E-state index contributed by atoms with van der Waals surface area (Å²) in [6.07, 6.45) is 51.3. The maximum absolute atomic E-state index is 13.2. The lowest BCUT2D eigenvalue weighted by Crippen LogP contribution is -2.46. The molecule has 0 bridgehead atoms. The summed E-state index contributed by atoms with van der Waals surface area (Å²) in [5, 5.41) is 23.7. The number of amides is 1. The first-order valence-electron chi connectivity index (χ1n) is 25.9. The van der Waals surface area contributed by atoms with Gasteiger partial charge in [-0.05, 0) is 51.4 Å². The van der Waals surface area contributed by atoms with Gasteiger partial charge in [-0.3, -0.25) is 9.59 Å². The van der Waals surface area contributed by atoms with Gasteiger partial charge >= 0.3 is 5.97 Å². The molecule has 344 valence electrons. The number of ether oxygens (including phenoxy) is 1. The van der Waals surface area contributed by atoms with Crippen LogP contribution in [0.5, 0.6) is 0 Å². The number of carbonyl (C=O) groups excluding carboxylic acids is 2. The van der Waals surface area contributed by atoms with Crippen molar-refractivity contribution in [2.24, 2.45) is 0 Å². The molecule has 3 N–H and O–H groups in total. The van der Waals surface area contributed by atoms with Crippen molar-refractivity contribution in [3.63, 3.8) is 0 Å². The van der Waals surface area contributed by atoms with Gasteiger partial charge in [-0.25, -0.2) is 0 Å². The fourth-order valence-electron chi connectivity index (χ4n) is 8.13. The lowest BCUT2D eigenvalue weighted by atomic mass is 10.0. The molecule has 0 heterocycles. The molecule has 3 atom stereocenters. The Balaban J connectivity index is 4.56. The van der Waals surface area contributed by atoms with Crippen LogP contribution in [0, 0.1) is 0 Å². The Kier molecular flexibility index (Phi) is 45.5. The van der Waals surface area contributed by atoms with Gasteiger partial charge in [0, 0.05) is 6.42 Å². The van der Waals surface area contributed by atoms with Crippen molar-refractivity contribution in [1.82, 2.24) is 5.32 Å². The largest absolute Gasteiger partial charge is 0.462 e. The Morgan fingerprint density at radius 3 is 1.22 bits per heavy atom. The number of rotatable bonds is 47. The highest BCUT2D eigenvalue weighted by Gasteiger charge is 2.24. The van der Waals surface area contributed by atoms with E-state index < -0.39 is 18.2 Å². The third-order valence-electron chi connectivity index (χ3n) is 12.1. The maximum atomic E-state index is 13.2. The molecule has 0 rings (SSSR count). The second kappa shape index (κ2) is 46.7. The summed E-state index contributed by atoms with van der Waals surface area (Å²) in [6.45, 7) is 6.49. The highest BCUT2D eigenvalue weighted by molar-refractivity contribution is 5.77. The number of hydrogen-bond acceptors (Lipinski definition) is 5. The van der Waals surface area contributed by atoms with Gasteiger partial charge in [0.1, 0.15) is 6.10 Å². The van der Waals surface area contributed by atoms with Crippen LogP contribution in [0.1, 0.15) is 284 Å². The van der Waals surface area contributed by atoms with E-state index in [2.05, 4.69) is 38.2 Å². The molecule has 0 saturated heterocycles. The number of allylic oxidation sites excluding steroid dienone is 2. The Morgan fingerprint density at radius 2 is 0.828 bits per heavy atom. The molecule has 6 heteroatoms. The van der Waals surface area contributed by atoms with Gasteiger partial charge < -0.3 is 20.3 Å². The zero-order valence-corrected chi connectivity index (χ0v) is 39.2. The molecule has 3 unspecified atom stereocenters. The van der Waals surface area contributed by atoms with E-state index in [1.165, 1.54) is 186 Å². The van der Waals surface area contributed by atoms with E-state index in [1.54, 1.807) is 0 Å². The van der Waals surface area contributed by atoms with E-state index in [4.69, 9.17) is 4.74 Å². The summed E-state index contributed by atoms with van der Waals surface area (Å²) < 4.78 is 5.93. The molecule has 0 fully saturated rings. The maximum Gasteiger partial charge on any atom is 0.306 e. The van der Waals surface area contributed by atoms with Crippen LogP contribution in [0.4, 0.5) is 0 Å². The van der Waals surface area contributed by atoms with Gasteiger partial charge in [-0.15, -0.1) is 0 Å². The van der Waals surface area contributed by atoms with Crippen molar-refractivity contribution in [2.75, 3.05) is 6.61 Å². The summed E-state index contributed by atoms with van der Waals surface area (Å²) >= 11 is 0. The van der Waals surface area contributed by atoms with E-state index in [9.17, 15) is 19.8 Å². The van der Waals surface area contributed by atoms with Crippen molar-refractivity contribution < 1.29 is 24.5 Å². The fraction of sp³-hybridized carbons (Fsp3) is 0.923. The smallest absolute Gasteiger partial charge is 0.306 e. The first-order valence-corrected chi connectivity index (χ1v) is 25.9. The van der Waals surface area contributed by atoms with E-state index in [0.29, 0.717) is 19.3 Å². The predicted octanol–water partition coefficient (Wildman–Crippen LogP) is 15.3. The third kappa shape index (κ3) is 41.3. The van der Waals surface area contributed by atoms with Gasteiger partial charge in [-0.1, -0.05) is 232 Å². The number of nitrogens with one attached hydrogen (secondary N) is 1. The molecule has 0 aromatic rings. The quantitative estimate of drug-likeness (QED) is 0.0323. The number of aliphatic hydroxyl groups is 2. The lowest BCUT2D eigenvalue weighted by molar-refractivity contribution is -0.151. The summed E-state index contributed by atoms with van der Waals surface area (Å²) in [4.78, 5) is 26.1. The topological polar surface area (TPSA) is 95.9 Å². The van der Waals surface area contributed by atoms with Gasteiger partial charge in [-0.2, -0.15) is 0 Å². The minimum Gasteiger partial charge on any atom is -0.462 e. The Morgan fingerprint density at radius 1 is 0.483 bits per heavy atom. The molecule has 0 spiro atoms. The molecule has 6 nitrogen and oxygen atoms in total. The zero-order valence-electron chi connectivity index (χ0n) is 39.2. The lowest BCUT2D eigenvalue weighted by Gasteiger charge is -2.24. The van der Waals surface area contributed by atoms with Gasteiger partial charge in [0.15, 0.2) is 0 Å². The Bertz CT molecular complexity index is 878. The number of aliphatic hydroxyl groups excluding tert-OH is 2. The SMILES string of the molecule is CCCCCCCC/C=C\CCCCCC(=O)OC(CCCCCCCCCCCCCCCCC)CC(=O)NC(CO)C(O)CCCCCCCCCCCCC. The number of carbonyl (C=O) groups is 2. The normalized spacial score (nSPS) is 13.3. The predicted molar refractivity (Wildman–Crippen MR) is 250 cm³/mol. The van der Waals surface area contributed by atoms with Crippen LogP contribution in [0.25, 0.3) is 0 Å². The standard InChI is InChI=1S/C52H101NO5/c1-4-7-10-13-16-19-22-24-25-27-29-31-34-37-40-43-48(58-52(57)45-42-39-36-33-30-26-23-20-17-14-11-8-5-2)46-51(56)53-49(47-54)50(55)44-41-38-35-32-28-21-18-15-12-9-6-3/h26,30,48-50,54-55H,4-25,27-29,31-47H2,1-3H3,(H,53,56)/b30-26-. The minimum absolute atomic E-state index is 0.0788. The highest BCUT2D eigenvalue weighted by Crippen LogP contribution is 2.18. The molecular formula is C52H101NO5. The van der Waals surface area contributed by atoms with Gasteiger partial charge in [0.25, 0.3) is 0 Å². The zero-order chi connectivity index (χ0) is 42.4. The van der Waals surface area contributed by atoms with Crippen molar-refractivity contribution >= 4 is 11.9 Å². The summed E-state index contributed by atoms with van der Waals surface area (Å²) in [5.41, 5.74) is 0. The second-order valence-electron chi connectivity index (χ2n) is 17.9. The van der Waals surface area contributed by atoms with Crippen LogP contribution >= 0.6 is 0 Å². The van der Waals surface area contributed by atoms with Gasteiger partial charge in [0.2, 0.25) is 5.91 Å². The number of unbranched alkanes of at least 4 members (excludes halogenated alkanes) is 33. The molecule has 0 aliphatic rings. The molecule has 0 aromatic heterocycles. The number of esters is 1. The molecule has 0 radical (unpaired) electrons. The third-order valence-corrected chi connectivity index (χ3v) is 12.1. The molecule has 0 aliphatic heterocycles. The Hall–Kier alpha value is -1.40. The van der Waals surface area contributed by atoms with Crippen LogP contribution in [0.3, 0.4) is 0 Å². The second-order valence-corrected chi connectivity index (χ2v) is 17.9. The van der Waals surface area contributed by atoms with Crippen molar-refractivity contribution in [2.45, 2.75) is 302 Å². The summed E-state index contributed by atoms with van der Waals surface area (Å²) in [7, 11) is 0. The van der Waals surface area contributed by atoms with Crippen LogP contribution in [-0.2, 0) is 14.3 Å². The first-order chi connectivity index (χ1) is 28.5. The molecule has 0 aliphatic carbocycles. The van der Waals surface area contributed by atoms with Crippen molar-refractivity contribution in [3.8, 4) is 0 Å². The molecule has 58 heavy (non-hydrogen) atoms. The fourth-order valence-corrected chi connectivity index (χ4v) is 8.13. The van der Waals surface area contributed by atoms with E-state index in [0.717, 1.165) is 51.4 Å². The molecule has 0 aromatic carbocycles. The van der Waals surface area contributed by atoms with Crippen molar-refractivity contribution in [3.05, 3.63) is 12.2 Å². The van der Waals surface area contributed by atoms with Crippen LogP contribution in [0.2, 0.25) is 0 Å². The summed E-state index contributed by atoms with van der Waals surface area (Å²) in [5.74, 6) is -0.476. The molecule has 0 saturated carbocycles. The van der Waals surface area contributed by atoms with Crippen LogP contribution in [0.15, 0.2) is 12.2 Å². The average Bonchev–Trinajstić information content (AvgIpc) is 3.22. The van der Waals surface area contributed by atoms with Crippen LogP contribution in [-0.4, -0.2) is 46.9 Å². The van der Waals surface area contributed by atoms with E-state index >= 15 is 0 Å². The first kappa shape index (κ1) is 56.6. The molecule has 1 amide bonds. The van der Waals surface area contributed by atoms with Gasteiger partial charge in [0.05, 0.1) is 25.2 Å². The average molecular weight is 820 g/mol. The van der Waals surface area contributed by atoms with Crippen molar-refractivity contribution in [1.29, 1.82) is 0 Å². The van der Waals surface area contributed by atoms with E-state index in [-0.39, 0.29) is 24.9 Å². The van der Waals surface area contributed by atoms with Crippen LogP contribution < -0.4 is 5.32 Å². The number of hydrogen-bond donors (Lipinski definition) is 3. The highest BCUT2D eigenvalue weighted by atomic mass is 16.5. The minimum atomic E-state index is -0.783. The Labute approximate surface area is 361 Å². The monoisotopic (exact) mass is 820 g/mol. The molecular weight excluding hydrogens is 719 g/mol. The summed E-state index contributed by atoms with van der Waals surface area (Å²) in [6, 6.07) is -0.697.